The highest BCUT2D eigenvalue weighted by atomic mass is 79.9. The van der Waals surface area contributed by atoms with Gasteiger partial charge in [-0.15, -0.1) is 0 Å². The van der Waals surface area contributed by atoms with Crippen molar-refractivity contribution in [1.82, 2.24) is 5.43 Å². The lowest BCUT2D eigenvalue weighted by atomic mass is 9.85. The van der Waals surface area contributed by atoms with Gasteiger partial charge in [0, 0.05) is 0 Å². The second-order valence-corrected chi connectivity index (χ2v) is 8.35. The van der Waals surface area contributed by atoms with Crippen molar-refractivity contribution < 1.29 is 28.9 Å². The molecule has 3 aromatic carbocycles. The number of carbonyl (C=O) groups excluding carboxylic acids is 2. The number of benzene rings is 3. The molecule has 0 saturated carbocycles. The number of hydrazone groups is 1. The fourth-order valence-corrected chi connectivity index (χ4v) is 4.01. The molecule has 0 aliphatic rings. The Morgan fingerprint density at radius 1 is 0.972 bits per heavy atom. The molecule has 3 rings (SSSR count). The number of ether oxygens (including phenoxy) is 3. The average Bonchev–Trinajstić information content (AvgIpc) is 2.89. The lowest BCUT2D eigenvalue weighted by molar-refractivity contribution is -0.145. The summed E-state index contributed by atoms with van der Waals surface area (Å²) in [5.41, 5.74) is 1.90. The maximum atomic E-state index is 13.2. The van der Waals surface area contributed by atoms with Crippen LogP contribution in [0.2, 0.25) is 0 Å². The predicted octanol–water partition coefficient (Wildman–Crippen LogP) is 4.18. The van der Waals surface area contributed by atoms with Gasteiger partial charge in [-0.05, 0) is 58.6 Å². The summed E-state index contributed by atoms with van der Waals surface area (Å²) in [6.07, 6.45) is 1.41. The molecule has 8 nitrogen and oxygen atoms in total. The smallest absolute Gasteiger partial charge is 0.344 e. The van der Waals surface area contributed by atoms with Crippen LogP contribution in [0.4, 0.5) is 0 Å². The van der Waals surface area contributed by atoms with Gasteiger partial charge in [-0.3, -0.25) is 4.79 Å². The van der Waals surface area contributed by atoms with Gasteiger partial charge in [0.1, 0.15) is 0 Å². The quantitative estimate of drug-likeness (QED) is 0.209. The first-order chi connectivity index (χ1) is 17.4. The van der Waals surface area contributed by atoms with Crippen molar-refractivity contribution in [2.24, 2.45) is 5.10 Å². The molecule has 0 aliphatic heterocycles. The fourth-order valence-electron chi connectivity index (χ4n) is 3.43. The SMILES string of the molecule is CCOC(=O)COc1c(Br)cc(/C=N\NC(=O)C(O)(c2ccccc2)c2ccccc2)cc1OCC. The van der Waals surface area contributed by atoms with Crippen molar-refractivity contribution in [3.8, 4) is 11.5 Å². The Hall–Kier alpha value is -3.69. The van der Waals surface area contributed by atoms with E-state index in [0.29, 0.717) is 39.3 Å². The zero-order valence-corrected chi connectivity index (χ0v) is 21.5. The first-order valence-corrected chi connectivity index (χ1v) is 12.1. The van der Waals surface area contributed by atoms with E-state index in [0.717, 1.165) is 0 Å². The number of hydrogen-bond donors (Lipinski definition) is 2. The van der Waals surface area contributed by atoms with E-state index in [2.05, 4.69) is 26.5 Å². The van der Waals surface area contributed by atoms with Gasteiger partial charge < -0.3 is 19.3 Å². The van der Waals surface area contributed by atoms with E-state index in [1.165, 1.54) is 6.21 Å². The van der Waals surface area contributed by atoms with Crippen molar-refractivity contribution in [3.63, 3.8) is 0 Å². The molecule has 0 bridgehead atoms. The van der Waals surface area contributed by atoms with Crippen LogP contribution in [0.5, 0.6) is 11.5 Å². The number of amides is 1. The van der Waals surface area contributed by atoms with Gasteiger partial charge in [-0.1, -0.05) is 60.7 Å². The van der Waals surface area contributed by atoms with Crippen LogP contribution in [-0.4, -0.2) is 43.0 Å². The van der Waals surface area contributed by atoms with Gasteiger partial charge in [0.2, 0.25) is 0 Å². The number of nitrogens with one attached hydrogen (secondary N) is 1. The Morgan fingerprint density at radius 3 is 2.14 bits per heavy atom. The molecule has 36 heavy (non-hydrogen) atoms. The largest absolute Gasteiger partial charge is 0.490 e. The molecule has 0 spiro atoms. The van der Waals surface area contributed by atoms with Gasteiger partial charge in [-0.2, -0.15) is 5.10 Å². The predicted molar refractivity (Wildman–Crippen MR) is 139 cm³/mol. The molecule has 0 aromatic heterocycles. The third-order valence-electron chi connectivity index (χ3n) is 5.06. The topological polar surface area (TPSA) is 106 Å². The third-order valence-corrected chi connectivity index (χ3v) is 5.65. The number of rotatable bonds is 11. The van der Waals surface area contributed by atoms with Gasteiger partial charge in [0.15, 0.2) is 23.7 Å². The van der Waals surface area contributed by atoms with Crippen LogP contribution in [0.3, 0.4) is 0 Å². The number of aliphatic hydroxyl groups is 1. The molecule has 2 N–H and O–H groups in total. The van der Waals surface area contributed by atoms with Crippen LogP contribution in [0.15, 0.2) is 82.4 Å². The lowest BCUT2D eigenvalue weighted by Gasteiger charge is -2.27. The van der Waals surface area contributed by atoms with E-state index >= 15 is 0 Å². The second-order valence-electron chi connectivity index (χ2n) is 7.50. The lowest BCUT2D eigenvalue weighted by Crippen LogP contribution is -2.43. The Kier molecular flexibility index (Phi) is 9.61. The van der Waals surface area contributed by atoms with E-state index in [4.69, 9.17) is 14.2 Å². The Morgan fingerprint density at radius 2 is 1.58 bits per heavy atom. The number of carbonyl (C=O) groups is 2. The number of esters is 1. The zero-order chi connectivity index (χ0) is 26.0. The summed E-state index contributed by atoms with van der Waals surface area (Å²) in [6, 6.07) is 20.7. The second kappa shape index (κ2) is 12.9. The molecular formula is C27H27BrN2O6. The Balaban J connectivity index is 1.82. The highest BCUT2D eigenvalue weighted by molar-refractivity contribution is 9.10. The summed E-state index contributed by atoms with van der Waals surface area (Å²) < 4.78 is 16.6. The first-order valence-electron chi connectivity index (χ1n) is 11.3. The monoisotopic (exact) mass is 554 g/mol. The molecule has 0 fully saturated rings. The Labute approximate surface area is 218 Å². The number of nitrogens with zero attached hydrogens (tertiary/aromatic N) is 1. The minimum absolute atomic E-state index is 0.256. The van der Waals surface area contributed by atoms with Crippen molar-refractivity contribution in [1.29, 1.82) is 0 Å². The average molecular weight is 555 g/mol. The minimum Gasteiger partial charge on any atom is -0.490 e. The minimum atomic E-state index is -1.94. The summed E-state index contributed by atoms with van der Waals surface area (Å²) >= 11 is 3.42. The van der Waals surface area contributed by atoms with Crippen molar-refractivity contribution in [2.45, 2.75) is 19.4 Å². The van der Waals surface area contributed by atoms with E-state index in [1.54, 1.807) is 79.7 Å². The van der Waals surface area contributed by atoms with Gasteiger partial charge in [-0.25, -0.2) is 10.2 Å². The summed E-state index contributed by atoms with van der Waals surface area (Å²) in [6.45, 7) is 3.88. The van der Waals surface area contributed by atoms with E-state index < -0.39 is 17.5 Å². The molecule has 0 saturated heterocycles. The van der Waals surface area contributed by atoms with E-state index in [9.17, 15) is 14.7 Å². The summed E-state index contributed by atoms with van der Waals surface area (Å²) in [7, 11) is 0. The third kappa shape index (κ3) is 6.50. The van der Waals surface area contributed by atoms with Crippen molar-refractivity contribution >= 4 is 34.0 Å². The van der Waals surface area contributed by atoms with Gasteiger partial charge in [0.05, 0.1) is 23.9 Å². The molecule has 0 aliphatic carbocycles. The number of hydrogen-bond acceptors (Lipinski definition) is 7. The van der Waals surface area contributed by atoms with Crippen LogP contribution in [0.25, 0.3) is 0 Å². The normalized spacial score (nSPS) is 11.2. The molecule has 188 valence electrons. The van der Waals surface area contributed by atoms with Crippen LogP contribution in [0, 0.1) is 0 Å². The molecule has 1 amide bonds. The molecule has 0 atom stereocenters. The van der Waals surface area contributed by atoms with Crippen LogP contribution in [0.1, 0.15) is 30.5 Å². The van der Waals surface area contributed by atoms with Crippen molar-refractivity contribution in [2.75, 3.05) is 19.8 Å². The Bertz CT molecular complexity index is 1160. The molecular weight excluding hydrogens is 528 g/mol. The summed E-state index contributed by atoms with van der Waals surface area (Å²) in [4.78, 5) is 24.8. The first kappa shape index (κ1) is 26.9. The maximum Gasteiger partial charge on any atom is 0.344 e. The van der Waals surface area contributed by atoms with Gasteiger partial charge >= 0.3 is 5.97 Å². The molecule has 3 aromatic rings. The van der Waals surface area contributed by atoms with Crippen LogP contribution in [-0.2, 0) is 19.9 Å². The summed E-state index contributed by atoms with van der Waals surface area (Å²) in [5.74, 6) is -0.484. The molecule has 0 heterocycles. The van der Waals surface area contributed by atoms with Crippen LogP contribution >= 0.6 is 15.9 Å². The molecule has 9 heteroatoms. The summed E-state index contributed by atoms with van der Waals surface area (Å²) in [5, 5.41) is 15.5. The van der Waals surface area contributed by atoms with Crippen molar-refractivity contribution in [3.05, 3.63) is 94.0 Å². The fraction of sp³-hybridized carbons (Fsp3) is 0.222. The highest BCUT2D eigenvalue weighted by Crippen LogP contribution is 2.36. The molecule has 0 unspecified atom stereocenters. The zero-order valence-electron chi connectivity index (χ0n) is 19.9. The number of halogens is 1. The van der Waals surface area contributed by atoms with E-state index in [-0.39, 0.29) is 13.2 Å². The maximum absolute atomic E-state index is 13.2. The molecule has 0 radical (unpaired) electrons. The van der Waals surface area contributed by atoms with E-state index in [1.807, 2.05) is 6.92 Å². The standard InChI is InChI=1S/C27H27BrN2O6/c1-3-34-23-16-19(15-22(28)25(23)36-18-24(31)35-4-2)17-29-30-26(32)27(33,20-11-7-5-8-12-20)21-13-9-6-10-14-21/h5-17,33H,3-4,18H2,1-2H3,(H,30,32)/b29-17-. The van der Waals surface area contributed by atoms with Gasteiger partial charge in [0.25, 0.3) is 5.91 Å². The van der Waals surface area contributed by atoms with Crippen LogP contribution < -0.4 is 14.9 Å². The highest BCUT2D eigenvalue weighted by Gasteiger charge is 2.39.